The third kappa shape index (κ3) is 4.42. The molecular formula is C15H21NO4. The van der Waals surface area contributed by atoms with Gasteiger partial charge in [-0.3, -0.25) is 9.69 Å². The van der Waals surface area contributed by atoms with Gasteiger partial charge in [-0.25, -0.2) is 0 Å². The number of ether oxygens (including phenoxy) is 1. The molecule has 0 heterocycles. The quantitative estimate of drug-likeness (QED) is 0.762. The topological polar surface area (TPSA) is 70.0 Å². The minimum absolute atomic E-state index is 0.0430. The molecule has 2 rings (SSSR count). The summed E-state index contributed by atoms with van der Waals surface area (Å²) in [4.78, 5) is 12.9. The highest BCUT2D eigenvalue weighted by molar-refractivity contribution is 5.69. The summed E-state index contributed by atoms with van der Waals surface area (Å²) in [6.45, 7) is 3.76. The minimum Gasteiger partial charge on any atom is -0.504 e. The molecule has 2 N–H and O–H groups in total. The van der Waals surface area contributed by atoms with E-state index in [1.807, 2.05) is 11.8 Å². The van der Waals surface area contributed by atoms with Gasteiger partial charge in [0.2, 0.25) is 0 Å². The molecule has 1 aromatic carbocycles. The second-order valence-electron chi connectivity index (χ2n) is 5.24. The lowest BCUT2D eigenvalue weighted by molar-refractivity contribution is -0.138. The van der Waals surface area contributed by atoms with Gasteiger partial charge in [0.1, 0.15) is 0 Å². The van der Waals surface area contributed by atoms with E-state index in [0.29, 0.717) is 24.8 Å². The first kappa shape index (κ1) is 14.7. The van der Waals surface area contributed by atoms with Gasteiger partial charge >= 0.3 is 5.97 Å². The molecule has 1 saturated carbocycles. The van der Waals surface area contributed by atoms with Crippen LogP contribution in [0.1, 0.15) is 25.3 Å². The number of hydrogen-bond acceptors (Lipinski definition) is 4. The summed E-state index contributed by atoms with van der Waals surface area (Å²) in [5, 5.41) is 18.6. The van der Waals surface area contributed by atoms with Gasteiger partial charge in [0.15, 0.2) is 11.5 Å². The van der Waals surface area contributed by atoms with Crippen molar-refractivity contribution in [3.63, 3.8) is 0 Å². The molecule has 0 aromatic heterocycles. The fourth-order valence-electron chi connectivity index (χ4n) is 2.23. The molecule has 5 nitrogen and oxygen atoms in total. The number of carbonyl (C=O) groups is 1. The van der Waals surface area contributed by atoms with Crippen LogP contribution in [-0.4, -0.2) is 40.8 Å². The number of rotatable bonds is 8. The summed E-state index contributed by atoms with van der Waals surface area (Å²) in [6.07, 6.45) is 2.38. The lowest BCUT2D eigenvalue weighted by atomic mass is 10.1. The average Bonchev–Trinajstić information content (AvgIpc) is 3.17. The average molecular weight is 279 g/mol. The van der Waals surface area contributed by atoms with Gasteiger partial charge in [0.25, 0.3) is 0 Å². The Kier molecular flexibility index (Phi) is 4.84. The summed E-state index contributed by atoms with van der Waals surface area (Å²) in [5.41, 5.74) is 0.952. The van der Waals surface area contributed by atoms with Crippen molar-refractivity contribution in [1.29, 1.82) is 0 Å². The fourth-order valence-corrected chi connectivity index (χ4v) is 2.23. The minimum atomic E-state index is -0.811. The summed E-state index contributed by atoms with van der Waals surface area (Å²) >= 11 is 0. The number of carboxylic acids is 1. The standard InChI is InChI=1S/C15H21NO4/c1-2-20-14-7-12(5-6-13(14)17)9-16(10-15(18)19)8-11-3-4-11/h5-7,11,17H,2-4,8-10H2,1H3,(H,18,19). The third-order valence-corrected chi connectivity index (χ3v) is 3.30. The van der Waals surface area contributed by atoms with Crippen LogP contribution < -0.4 is 4.74 Å². The highest BCUT2D eigenvalue weighted by Gasteiger charge is 2.25. The van der Waals surface area contributed by atoms with E-state index in [-0.39, 0.29) is 12.3 Å². The monoisotopic (exact) mass is 279 g/mol. The Bertz CT molecular complexity index is 471. The first-order valence-corrected chi connectivity index (χ1v) is 6.97. The fraction of sp³-hybridized carbons (Fsp3) is 0.533. The summed E-state index contributed by atoms with van der Waals surface area (Å²) in [7, 11) is 0. The van der Waals surface area contributed by atoms with E-state index in [9.17, 15) is 9.90 Å². The second kappa shape index (κ2) is 6.61. The molecule has 1 fully saturated rings. The second-order valence-corrected chi connectivity index (χ2v) is 5.24. The van der Waals surface area contributed by atoms with Crippen LogP contribution >= 0.6 is 0 Å². The molecule has 0 bridgehead atoms. The van der Waals surface area contributed by atoms with Crippen LogP contribution in [0.15, 0.2) is 18.2 Å². The predicted molar refractivity (Wildman–Crippen MR) is 74.9 cm³/mol. The normalized spacial score (nSPS) is 14.5. The van der Waals surface area contributed by atoms with Crippen molar-refractivity contribution in [2.24, 2.45) is 5.92 Å². The maximum absolute atomic E-state index is 10.9. The van der Waals surface area contributed by atoms with E-state index >= 15 is 0 Å². The van der Waals surface area contributed by atoms with Crippen molar-refractivity contribution in [2.45, 2.75) is 26.3 Å². The van der Waals surface area contributed by atoms with Crippen LogP contribution in [-0.2, 0) is 11.3 Å². The zero-order valence-electron chi connectivity index (χ0n) is 11.7. The SMILES string of the molecule is CCOc1cc(CN(CC(=O)O)CC2CC2)ccc1O. The van der Waals surface area contributed by atoms with Gasteiger partial charge in [0, 0.05) is 13.1 Å². The summed E-state index contributed by atoms with van der Waals surface area (Å²) in [6, 6.07) is 5.18. The molecule has 0 aliphatic heterocycles. The Hall–Kier alpha value is -1.75. The molecule has 110 valence electrons. The molecule has 0 amide bonds. The Morgan fingerprint density at radius 2 is 2.20 bits per heavy atom. The first-order chi connectivity index (χ1) is 9.58. The summed E-state index contributed by atoms with van der Waals surface area (Å²) in [5.74, 6) is 0.390. The number of aliphatic carboxylic acids is 1. The van der Waals surface area contributed by atoms with Crippen LogP contribution in [0.4, 0.5) is 0 Å². The van der Waals surface area contributed by atoms with E-state index in [1.165, 1.54) is 12.8 Å². The van der Waals surface area contributed by atoms with E-state index in [0.717, 1.165) is 12.1 Å². The Balaban J connectivity index is 2.04. The molecule has 0 radical (unpaired) electrons. The van der Waals surface area contributed by atoms with Gasteiger partial charge in [-0.2, -0.15) is 0 Å². The zero-order valence-corrected chi connectivity index (χ0v) is 11.7. The lowest BCUT2D eigenvalue weighted by Gasteiger charge is -2.20. The molecule has 0 unspecified atom stereocenters. The Labute approximate surface area is 118 Å². The van der Waals surface area contributed by atoms with E-state index in [4.69, 9.17) is 9.84 Å². The maximum atomic E-state index is 10.9. The van der Waals surface area contributed by atoms with Gasteiger partial charge in [-0.15, -0.1) is 0 Å². The molecule has 20 heavy (non-hydrogen) atoms. The maximum Gasteiger partial charge on any atom is 0.317 e. The Morgan fingerprint density at radius 1 is 1.45 bits per heavy atom. The van der Waals surface area contributed by atoms with Gasteiger partial charge in [-0.1, -0.05) is 6.07 Å². The van der Waals surface area contributed by atoms with Crippen molar-refractivity contribution >= 4 is 5.97 Å². The van der Waals surface area contributed by atoms with Crippen LogP contribution in [0.5, 0.6) is 11.5 Å². The smallest absolute Gasteiger partial charge is 0.317 e. The van der Waals surface area contributed by atoms with E-state index in [2.05, 4.69) is 0 Å². The molecular weight excluding hydrogens is 258 g/mol. The molecule has 1 aromatic rings. The lowest BCUT2D eigenvalue weighted by Crippen LogP contribution is -2.31. The third-order valence-electron chi connectivity index (χ3n) is 3.30. The number of aromatic hydroxyl groups is 1. The molecule has 0 atom stereocenters. The van der Waals surface area contributed by atoms with Crippen molar-refractivity contribution in [3.8, 4) is 11.5 Å². The predicted octanol–water partition coefficient (Wildman–Crippen LogP) is 2.09. The number of phenols is 1. The van der Waals surface area contributed by atoms with Gasteiger partial charge in [-0.05, 0) is 43.4 Å². The number of benzene rings is 1. The van der Waals surface area contributed by atoms with Crippen molar-refractivity contribution in [2.75, 3.05) is 19.7 Å². The highest BCUT2D eigenvalue weighted by Crippen LogP contribution is 2.31. The molecule has 1 aliphatic carbocycles. The van der Waals surface area contributed by atoms with E-state index < -0.39 is 5.97 Å². The summed E-state index contributed by atoms with van der Waals surface area (Å²) < 4.78 is 5.35. The van der Waals surface area contributed by atoms with E-state index in [1.54, 1.807) is 18.2 Å². The number of phenolic OH excluding ortho intramolecular Hbond substituents is 1. The van der Waals surface area contributed by atoms with Crippen LogP contribution in [0.2, 0.25) is 0 Å². The molecule has 5 heteroatoms. The molecule has 0 spiro atoms. The van der Waals surface area contributed by atoms with Crippen LogP contribution in [0, 0.1) is 5.92 Å². The number of carboxylic acid groups (broad SMARTS) is 1. The zero-order chi connectivity index (χ0) is 14.5. The molecule has 0 saturated heterocycles. The van der Waals surface area contributed by atoms with Crippen molar-refractivity contribution in [1.82, 2.24) is 4.90 Å². The largest absolute Gasteiger partial charge is 0.504 e. The van der Waals surface area contributed by atoms with Crippen LogP contribution in [0.25, 0.3) is 0 Å². The first-order valence-electron chi connectivity index (χ1n) is 6.97. The molecule has 1 aliphatic rings. The van der Waals surface area contributed by atoms with Crippen molar-refractivity contribution < 1.29 is 19.7 Å². The number of nitrogens with zero attached hydrogens (tertiary/aromatic N) is 1. The van der Waals surface area contributed by atoms with Crippen molar-refractivity contribution in [3.05, 3.63) is 23.8 Å². The number of hydrogen-bond donors (Lipinski definition) is 2. The van der Waals surface area contributed by atoms with Crippen LogP contribution in [0.3, 0.4) is 0 Å². The van der Waals surface area contributed by atoms with Gasteiger partial charge in [0.05, 0.1) is 13.2 Å². The highest BCUT2D eigenvalue weighted by atomic mass is 16.5. The Morgan fingerprint density at radius 3 is 2.80 bits per heavy atom. The van der Waals surface area contributed by atoms with Gasteiger partial charge < -0.3 is 14.9 Å².